The van der Waals surface area contributed by atoms with Crippen LogP contribution in [0.4, 0.5) is 0 Å². The number of hydrogen-bond acceptors (Lipinski definition) is 9. The molecule has 3 aliphatic carbocycles. The third kappa shape index (κ3) is 3.48. The maximum atomic E-state index is 14.1. The molecular formula is C29H31N3O7. The second kappa shape index (κ2) is 9.04. The molecule has 39 heavy (non-hydrogen) atoms. The number of fused-ring (bicyclic) bond motifs is 3. The van der Waals surface area contributed by atoms with Crippen LogP contribution in [0.1, 0.15) is 40.7 Å². The lowest BCUT2D eigenvalue weighted by atomic mass is 9.56. The summed E-state index contributed by atoms with van der Waals surface area (Å²) in [6.07, 6.45) is 0.0144. The van der Waals surface area contributed by atoms with E-state index in [0.717, 1.165) is 5.56 Å². The van der Waals surface area contributed by atoms with Crippen LogP contribution >= 0.6 is 0 Å². The van der Waals surface area contributed by atoms with E-state index in [1.54, 1.807) is 20.2 Å². The van der Waals surface area contributed by atoms with Crippen LogP contribution in [-0.2, 0) is 16.1 Å². The molecule has 0 saturated heterocycles. The smallest absolute Gasteiger partial charge is 0.255 e. The minimum absolute atomic E-state index is 0.0144. The lowest BCUT2D eigenvalue weighted by molar-refractivity contribution is -0.148. The van der Waals surface area contributed by atoms with E-state index in [4.69, 9.17) is 11.5 Å². The van der Waals surface area contributed by atoms with Crippen LogP contribution in [0, 0.1) is 11.8 Å². The first-order valence-corrected chi connectivity index (χ1v) is 12.7. The first-order valence-electron chi connectivity index (χ1n) is 12.7. The van der Waals surface area contributed by atoms with E-state index in [1.165, 1.54) is 4.90 Å². The number of nitrogens with zero attached hydrogens (tertiary/aromatic N) is 1. The number of nitrogens with two attached hydrogens (primary N) is 2. The molecule has 5 rings (SSSR count). The van der Waals surface area contributed by atoms with Crippen molar-refractivity contribution in [2.45, 2.75) is 37.5 Å². The van der Waals surface area contributed by atoms with Gasteiger partial charge in [0.2, 0.25) is 5.78 Å². The van der Waals surface area contributed by atoms with Gasteiger partial charge in [-0.3, -0.25) is 19.3 Å². The van der Waals surface area contributed by atoms with Gasteiger partial charge in [0.15, 0.2) is 11.4 Å². The average Bonchev–Trinajstić information content (AvgIpc) is 2.89. The number of aliphatic hydroxyl groups is 3. The Bertz CT molecular complexity index is 1490. The average molecular weight is 534 g/mol. The number of benzene rings is 2. The van der Waals surface area contributed by atoms with Crippen molar-refractivity contribution in [1.82, 2.24) is 4.90 Å². The highest BCUT2D eigenvalue weighted by atomic mass is 16.3. The van der Waals surface area contributed by atoms with Crippen LogP contribution in [0.25, 0.3) is 11.1 Å². The Hall–Kier alpha value is -3.99. The minimum Gasteiger partial charge on any atom is -0.510 e. The SMILES string of the molecule is C[C@@H]1c2c(-c3ccccc3)cc(CN)c(O)c2C(=O)C2=C(O)[C@]3(O)C(=O)C(C(N)=O)=C(O)[C@H](N(C)C)[C@@H]3C[C@@H]21. The van der Waals surface area contributed by atoms with Crippen molar-refractivity contribution < 1.29 is 34.8 Å². The summed E-state index contributed by atoms with van der Waals surface area (Å²) in [7, 11) is 3.19. The predicted molar refractivity (Wildman–Crippen MR) is 142 cm³/mol. The number of carbonyl (C=O) groups is 3. The zero-order chi connectivity index (χ0) is 28.5. The second-order valence-electron chi connectivity index (χ2n) is 10.7. The highest BCUT2D eigenvalue weighted by molar-refractivity contribution is 6.25. The Morgan fingerprint density at radius 1 is 1.13 bits per heavy atom. The molecular weight excluding hydrogens is 502 g/mol. The molecule has 8 N–H and O–H groups in total. The van der Waals surface area contributed by atoms with Gasteiger partial charge in [0, 0.05) is 23.6 Å². The van der Waals surface area contributed by atoms with Crippen LogP contribution in [0.15, 0.2) is 59.1 Å². The molecule has 0 fully saturated rings. The standard InChI is InChI=1S/C29H31N3O7/c1-12-15-10-17-22(32(2)3)25(35)21(28(31)38)27(37)29(17,39)26(36)19(15)24(34)20-18(12)16(9-14(11-30)23(20)33)13-7-5-4-6-8-13/h4-9,12,15,17,22,33,35-36,39H,10-11,30H2,1-3H3,(H2,31,38)/t12-,15+,17-,22+,29-/m0/s1. The molecule has 0 spiro atoms. The number of aromatic hydroxyl groups is 1. The number of allylic oxidation sites excluding steroid dienone is 1. The van der Waals surface area contributed by atoms with Gasteiger partial charge < -0.3 is 31.9 Å². The highest BCUT2D eigenvalue weighted by Gasteiger charge is 2.64. The molecule has 10 nitrogen and oxygen atoms in total. The molecule has 2 aromatic rings. The molecule has 1 amide bonds. The molecule has 3 aliphatic rings. The minimum atomic E-state index is -2.69. The fourth-order valence-corrected chi connectivity index (χ4v) is 6.76. The van der Waals surface area contributed by atoms with E-state index >= 15 is 0 Å². The monoisotopic (exact) mass is 533 g/mol. The van der Waals surface area contributed by atoms with E-state index < -0.39 is 64.0 Å². The number of amides is 1. The first kappa shape index (κ1) is 26.6. The molecule has 0 radical (unpaired) electrons. The Balaban J connectivity index is 1.81. The second-order valence-corrected chi connectivity index (χ2v) is 10.7. The molecule has 5 atom stereocenters. The number of aliphatic hydroxyl groups excluding tert-OH is 2. The van der Waals surface area contributed by atoms with Crippen molar-refractivity contribution in [1.29, 1.82) is 0 Å². The third-order valence-corrected chi connectivity index (χ3v) is 8.58. The molecule has 2 aromatic carbocycles. The highest BCUT2D eigenvalue weighted by Crippen LogP contribution is 2.57. The number of primary amides is 1. The van der Waals surface area contributed by atoms with Gasteiger partial charge in [0.05, 0.1) is 11.6 Å². The Morgan fingerprint density at radius 3 is 2.33 bits per heavy atom. The molecule has 0 unspecified atom stereocenters. The van der Waals surface area contributed by atoms with Crippen LogP contribution in [-0.4, -0.2) is 68.5 Å². The maximum absolute atomic E-state index is 14.1. The van der Waals surface area contributed by atoms with E-state index in [1.807, 2.05) is 37.3 Å². The zero-order valence-corrected chi connectivity index (χ0v) is 21.8. The van der Waals surface area contributed by atoms with Crippen LogP contribution < -0.4 is 11.5 Å². The van der Waals surface area contributed by atoms with Gasteiger partial charge >= 0.3 is 0 Å². The van der Waals surface area contributed by atoms with Gasteiger partial charge in [-0.25, -0.2) is 0 Å². The van der Waals surface area contributed by atoms with Gasteiger partial charge in [-0.1, -0.05) is 37.3 Å². The lowest BCUT2D eigenvalue weighted by Crippen LogP contribution is -2.64. The van der Waals surface area contributed by atoms with Crippen molar-refractivity contribution in [3.05, 3.63) is 75.8 Å². The van der Waals surface area contributed by atoms with Gasteiger partial charge in [-0.2, -0.15) is 0 Å². The van der Waals surface area contributed by atoms with Crippen molar-refractivity contribution in [3.8, 4) is 16.9 Å². The van der Waals surface area contributed by atoms with Crippen molar-refractivity contribution in [2.75, 3.05) is 14.1 Å². The number of ketones is 2. The van der Waals surface area contributed by atoms with Gasteiger partial charge in [-0.05, 0) is 55.1 Å². The van der Waals surface area contributed by atoms with Crippen LogP contribution in [0.3, 0.4) is 0 Å². The van der Waals surface area contributed by atoms with E-state index in [-0.39, 0.29) is 29.9 Å². The number of phenols is 1. The molecule has 204 valence electrons. The number of rotatable bonds is 4. The number of phenolic OH excluding ortho intramolecular Hbond substituents is 1. The van der Waals surface area contributed by atoms with Gasteiger partial charge in [0.1, 0.15) is 22.8 Å². The molecule has 0 heterocycles. The summed E-state index contributed by atoms with van der Waals surface area (Å²) in [6, 6.07) is 10.0. The number of likely N-dealkylation sites (N-methyl/N-ethyl adjacent to an activating group) is 1. The predicted octanol–water partition coefficient (Wildman–Crippen LogP) is 1.81. The lowest BCUT2D eigenvalue weighted by Gasteiger charge is -2.51. The summed E-state index contributed by atoms with van der Waals surface area (Å²) in [5.74, 6) is -7.33. The summed E-state index contributed by atoms with van der Waals surface area (Å²) in [6.45, 7) is 1.79. The van der Waals surface area contributed by atoms with Gasteiger partial charge in [-0.15, -0.1) is 0 Å². The van der Waals surface area contributed by atoms with Crippen molar-refractivity contribution in [2.24, 2.45) is 23.3 Å². The van der Waals surface area contributed by atoms with Crippen molar-refractivity contribution in [3.63, 3.8) is 0 Å². The maximum Gasteiger partial charge on any atom is 0.255 e. The Labute approximate surface area is 224 Å². The fraction of sp³-hybridized carbons (Fsp3) is 0.345. The first-order chi connectivity index (χ1) is 18.4. The Kier molecular flexibility index (Phi) is 6.17. The van der Waals surface area contributed by atoms with Crippen LogP contribution in [0.2, 0.25) is 0 Å². The summed E-state index contributed by atoms with van der Waals surface area (Å²) in [5, 5.41) is 45.4. The molecule has 10 heteroatoms. The summed E-state index contributed by atoms with van der Waals surface area (Å²) >= 11 is 0. The number of hydrogen-bond donors (Lipinski definition) is 6. The summed E-state index contributed by atoms with van der Waals surface area (Å²) in [5.41, 5.74) is 9.90. The molecule has 0 aliphatic heterocycles. The third-order valence-electron chi connectivity index (χ3n) is 8.58. The van der Waals surface area contributed by atoms with E-state index in [2.05, 4.69) is 0 Å². The molecule has 0 bridgehead atoms. The molecule has 0 aromatic heterocycles. The summed E-state index contributed by atoms with van der Waals surface area (Å²) in [4.78, 5) is 41.2. The topological polar surface area (TPSA) is 187 Å². The molecule has 0 saturated carbocycles. The quantitative estimate of drug-likeness (QED) is 0.319. The zero-order valence-electron chi connectivity index (χ0n) is 21.8. The summed E-state index contributed by atoms with van der Waals surface area (Å²) < 4.78 is 0. The van der Waals surface area contributed by atoms with Gasteiger partial charge in [0.25, 0.3) is 5.91 Å². The van der Waals surface area contributed by atoms with Crippen LogP contribution in [0.5, 0.6) is 5.75 Å². The van der Waals surface area contributed by atoms with Crippen molar-refractivity contribution >= 4 is 17.5 Å². The largest absolute Gasteiger partial charge is 0.510 e. The normalized spacial score (nSPS) is 28.4. The van der Waals surface area contributed by atoms with E-state index in [0.29, 0.717) is 16.7 Å². The number of carbonyl (C=O) groups excluding carboxylic acids is 3. The fourth-order valence-electron chi connectivity index (χ4n) is 6.76. The number of Topliss-reactive ketones (excluding diaryl/α,β-unsaturated/α-hetero) is 2. The Morgan fingerprint density at radius 2 is 1.77 bits per heavy atom. The van der Waals surface area contributed by atoms with E-state index in [9.17, 15) is 34.8 Å².